The van der Waals surface area contributed by atoms with E-state index in [4.69, 9.17) is 24.1 Å². The topological polar surface area (TPSA) is 149 Å². The van der Waals surface area contributed by atoms with Crippen molar-refractivity contribution in [3.05, 3.63) is 95.9 Å². The largest absolute Gasteiger partial charge is 0.394 e. The first kappa shape index (κ1) is 34.6. The van der Waals surface area contributed by atoms with Crippen LogP contribution in [0.1, 0.15) is 21.5 Å². The van der Waals surface area contributed by atoms with E-state index in [9.17, 15) is 4.79 Å². The first-order valence-corrected chi connectivity index (χ1v) is 15.3. The van der Waals surface area contributed by atoms with Gasteiger partial charge in [-0.25, -0.2) is 9.97 Å². The molecule has 4 rings (SSSR count). The molecule has 0 fully saturated rings. The average Bonchev–Trinajstić information content (AvgIpc) is 3.09. The number of pyridine rings is 1. The van der Waals surface area contributed by atoms with Gasteiger partial charge >= 0.3 is 0 Å². The third-order valence-electron chi connectivity index (χ3n) is 6.67. The molecular formula is C34H42N6O6. The highest BCUT2D eigenvalue weighted by Crippen LogP contribution is 2.24. The Morgan fingerprint density at radius 1 is 0.826 bits per heavy atom. The van der Waals surface area contributed by atoms with Crippen LogP contribution in [-0.2, 0) is 25.5 Å². The molecule has 12 heteroatoms. The lowest BCUT2D eigenvalue weighted by Gasteiger charge is -2.12. The van der Waals surface area contributed by atoms with Gasteiger partial charge in [-0.15, -0.1) is 0 Å². The van der Waals surface area contributed by atoms with E-state index < -0.39 is 0 Å². The Morgan fingerprint density at radius 2 is 1.54 bits per heavy atom. The van der Waals surface area contributed by atoms with Gasteiger partial charge in [-0.05, 0) is 60.5 Å². The minimum absolute atomic E-state index is 0.0190. The number of hydrogen-bond donors (Lipinski definition) is 4. The van der Waals surface area contributed by atoms with Crippen LogP contribution in [0.3, 0.4) is 0 Å². The Kier molecular flexibility index (Phi) is 15.0. The quantitative estimate of drug-likeness (QED) is 0.0991. The molecule has 4 aromatic rings. The van der Waals surface area contributed by atoms with Gasteiger partial charge in [0.1, 0.15) is 0 Å². The number of benzene rings is 2. The van der Waals surface area contributed by atoms with Crippen LogP contribution in [0, 0.1) is 6.92 Å². The second-order valence-electron chi connectivity index (χ2n) is 10.2. The lowest BCUT2D eigenvalue weighted by molar-refractivity contribution is -0.00520. The molecule has 12 nitrogen and oxygen atoms in total. The summed E-state index contributed by atoms with van der Waals surface area (Å²) in [5.41, 5.74) is 5.73. The van der Waals surface area contributed by atoms with Crippen LogP contribution >= 0.6 is 0 Å². The molecular weight excluding hydrogens is 588 g/mol. The van der Waals surface area contributed by atoms with Gasteiger partial charge in [0, 0.05) is 54.2 Å². The van der Waals surface area contributed by atoms with Crippen molar-refractivity contribution in [3.63, 3.8) is 0 Å². The molecule has 0 unspecified atom stereocenters. The zero-order chi connectivity index (χ0) is 32.2. The van der Waals surface area contributed by atoms with Gasteiger partial charge in [-0.1, -0.05) is 18.2 Å². The van der Waals surface area contributed by atoms with Crippen molar-refractivity contribution < 1.29 is 28.8 Å². The highest BCUT2D eigenvalue weighted by Gasteiger charge is 2.10. The van der Waals surface area contributed by atoms with Gasteiger partial charge in [0.25, 0.3) is 5.91 Å². The molecule has 0 radical (unpaired) electrons. The van der Waals surface area contributed by atoms with Crippen LogP contribution in [0.4, 0.5) is 17.3 Å². The van der Waals surface area contributed by atoms with E-state index in [0.29, 0.717) is 83.1 Å². The number of aromatic nitrogens is 3. The summed E-state index contributed by atoms with van der Waals surface area (Å²) in [6.45, 7) is 7.21. The number of aryl methyl sites for hydroxylation is 1. The monoisotopic (exact) mass is 630 g/mol. The second kappa shape index (κ2) is 20.0. The highest BCUT2D eigenvalue weighted by atomic mass is 16.6. The number of rotatable bonds is 21. The maximum atomic E-state index is 13.0. The van der Waals surface area contributed by atoms with E-state index in [1.165, 1.54) is 0 Å². The van der Waals surface area contributed by atoms with Gasteiger partial charge in [0.05, 0.1) is 65.2 Å². The van der Waals surface area contributed by atoms with Crippen molar-refractivity contribution in [2.45, 2.75) is 13.5 Å². The average molecular weight is 631 g/mol. The molecule has 1 amide bonds. The fraction of sp³-hybridized carbons (Fsp3) is 0.353. The molecule has 46 heavy (non-hydrogen) atoms. The number of aliphatic hydroxyl groups excluding tert-OH is 1. The second-order valence-corrected chi connectivity index (χ2v) is 10.2. The normalized spacial score (nSPS) is 11.0. The molecule has 0 saturated carbocycles. The standard InChI is InChI=1S/C34H42N6O6/c1-26-4-9-30(23-32(26)40-34-37-12-10-31(39-34)29-3-2-11-35-25-29)38-33(42)28-7-5-27(6-8-28)24-36-13-15-43-17-19-45-21-22-46-20-18-44-16-14-41/h2-12,23,25,36,41H,13-22,24H2,1H3,(H,38,42)(H,37,39,40). The fourth-order valence-corrected chi connectivity index (χ4v) is 4.23. The molecule has 0 spiro atoms. The SMILES string of the molecule is Cc1ccc(NC(=O)c2ccc(CNCCOCCOCCOCCOCCO)cc2)cc1Nc1nccc(-c2cccnc2)n1. The predicted molar refractivity (Wildman–Crippen MR) is 176 cm³/mol. The van der Waals surface area contributed by atoms with Crippen LogP contribution in [-0.4, -0.2) is 92.0 Å². The maximum absolute atomic E-state index is 13.0. The first-order chi connectivity index (χ1) is 22.6. The number of carbonyl (C=O) groups is 1. The van der Waals surface area contributed by atoms with Crippen molar-refractivity contribution in [3.8, 4) is 11.3 Å². The van der Waals surface area contributed by atoms with E-state index in [2.05, 4.69) is 30.9 Å². The Hall–Kier alpha value is -4.30. The molecule has 0 bridgehead atoms. The molecule has 0 aliphatic rings. The smallest absolute Gasteiger partial charge is 0.255 e. The zero-order valence-corrected chi connectivity index (χ0v) is 26.1. The van der Waals surface area contributed by atoms with Crippen LogP contribution in [0.2, 0.25) is 0 Å². The molecule has 2 heterocycles. The summed E-state index contributed by atoms with van der Waals surface area (Å²) in [6, 6.07) is 18.8. The van der Waals surface area contributed by atoms with Crippen molar-refractivity contribution in [1.29, 1.82) is 0 Å². The Labute approximate surface area is 269 Å². The van der Waals surface area contributed by atoms with E-state index in [-0.39, 0.29) is 12.5 Å². The number of nitrogens with one attached hydrogen (secondary N) is 3. The van der Waals surface area contributed by atoms with Gasteiger partial charge < -0.3 is 40.0 Å². The van der Waals surface area contributed by atoms with E-state index in [1.807, 2.05) is 67.6 Å². The van der Waals surface area contributed by atoms with Gasteiger partial charge in [-0.2, -0.15) is 0 Å². The molecule has 4 N–H and O–H groups in total. The third-order valence-corrected chi connectivity index (χ3v) is 6.67. The molecule has 0 atom stereocenters. The van der Waals surface area contributed by atoms with Crippen LogP contribution in [0.15, 0.2) is 79.3 Å². The minimum atomic E-state index is -0.196. The summed E-state index contributed by atoms with van der Waals surface area (Å²) in [4.78, 5) is 26.1. The zero-order valence-electron chi connectivity index (χ0n) is 26.1. The molecule has 244 valence electrons. The number of anilines is 3. The summed E-state index contributed by atoms with van der Waals surface area (Å²) in [7, 11) is 0. The number of aliphatic hydroxyl groups is 1. The predicted octanol–water partition coefficient (Wildman–Crippen LogP) is 3.99. The molecule has 0 saturated heterocycles. The van der Waals surface area contributed by atoms with E-state index >= 15 is 0 Å². The summed E-state index contributed by atoms with van der Waals surface area (Å²) in [6.07, 6.45) is 5.18. The summed E-state index contributed by atoms with van der Waals surface area (Å²) in [5, 5.41) is 18.2. The number of ether oxygens (including phenoxy) is 4. The molecule has 0 aliphatic heterocycles. The van der Waals surface area contributed by atoms with Crippen LogP contribution < -0.4 is 16.0 Å². The molecule has 2 aromatic carbocycles. The van der Waals surface area contributed by atoms with Crippen LogP contribution in [0.25, 0.3) is 11.3 Å². The lowest BCUT2D eigenvalue weighted by Crippen LogP contribution is -2.20. The van der Waals surface area contributed by atoms with Crippen LogP contribution in [0.5, 0.6) is 0 Å². The maximum Gasteiger partial charge on any atom is 0.255 e. The Morgan fingerprint density at radius 3 is 2.24 bits per heavy atom. The van der Waals surface area contributed by atoms with E-state index in [0.717, 1.165) is 28.1 Å². The Bertz CT molecular complexity index is 1460. The third kappa shape index (κ3) is 12.2. The number of nitrogens with zero attached hydrogens (tertiary/aromatic N) is 3. The van der Waals surface area contributed by atoms with Crippen molar-refractivity contribution in [2.75, 3.05) is 76.6 Å². The Balaban J connectivity index is 1.13. The van der Waals surface area contributed by atoms with Gasteiger partial charge in [0.2, 0.25) is 5.95 Å². The number of hydrogen-bond acceptors (Lipinski definition) is 11. The molecule has 0 aliphatic carbocycles. The van der Waals surface area contributed by atoms with Crippen molar-refractivity contribution >= 4 is 23.2 Å². The first-order valence-electron chi connectivity index (χ1n) is 15.3. The number of amides is 1. The minimum Gasteiger partial charge on any atom is -0.394 e. The van der Waals surface area contributed by atoms with Crippen molar-refractivity contribution in [1.82, 2.24) is 20.3 Å². The fourth-order valence-electron chi connectivity index (χ4n) is 4.23. The van der Waals surface area contributed by atoms with Crippen molar-refractivity contribution in [2.24, 2.45) is 0 Å². The lowest BCUT2D eigenvalue weighted by atomic mass is 10.1. The van der Waals surface area contributed by atoms with E-state index in [1.54, 1.807) is 18.6 Å². The van der Waals surface area contributed by atoms with Gasteiger partial charge in [0.15, 0.2) is 0 Å². The van der Waals surface area contributed by atoms with Gasteiger partial charge in [-0.3, -0.25) is 9.78 Å². The molecule has 2 aromatic heterocycles. The highest BCUT2D eigenvalue weighted by molar-refractivity contribution is 6.04. The summed E-state index contributed by atoms with van der Waals surface area (Å²) < 4.78 is 21.5. The summed E-state index contributed by atoms with van der Waals surface area (Å²) in [5.74, 6) is 0.256. The number of carbonyl (C=O) groups excluding carboxylic acids is 1. The summed E-state index contributed by atoms with van der Waals surface area (Å²) >= 11 is 0.